The summed E-state index contributed by atoms with van der Waals surface area (Å²) in [7, 11) is 0. The molecule has 0 saturated heterocycles. The molecule has 0 radical (unpaired) electrons. The molecule has 1 N–H and O–H groups in total. The van der Waals surface area contributed by atoms with E-state index in [1.807, 2.05) is 19.1 Å². The largest absolute Gasteiger partial charge is 0.310 e. The Morgan fingerprint density at radius 2 is 1.86 bits per heavy atom. The molecular formula is C17H18F2IN. The van der Waals surface area contributed by atoms with Crippen molar-refractivity contribution in [3.63, 3.8) is 0 Å². The Hall–Kier alpha value is -1.01. The fourth-order valence-corrected chi connectivity index (χ4v) is 3.14. The highest BCUT2D eigenvalue weighted by molar-refractivity contribution is 14.1. The third-order valence-electron chi connectivity index (χ3n) is 3.50. The van der Waals surface area contributed by atoms with Crippen molar-refractivity contribution >= 4 is 22.6 Å². The van der Waals surface area contributed by atoms with Crippen LogP contribution in [-0.4, -0.2) is 6.54 Å². The van der Waals surface area contributed by atoms with E-state index in [2.05, 4.69) is 40.9 Å². The van der Waals surface area contributed by atoms with Gasteiger partial charge in [-0.3, -0.25) is 0 Å². The molecule has 0 aliphatic rings. The Balaban J connectivity index is 2.35. The minimum absolute atomic E-state index is 0.0295. The molecule has 0 aliphatic heterocycles. The lowest BCUT2D eigenvalue weighted by Gasteiger charge is -2.21. The van der Waals surface area contributed by atoms with Gasteiger partial charge in [0.05, 0.1) is 0 Å². The van der Waals surface area contributed by atoms with Gasteiger partial charge in [-0.15, -0.1) is 0 Å². The van der Waals surface area contributed by atoms with Crippen LogP contribution in [0.2, 0.25) is 0 Å². The monoisotopic (exact) mass is 401 g/mol. The zero-order chi connectivity index (χ0) is 15.4. The van der Waals surface area contributed by atoms with Gasteiger partial charge in [-0.1, -0.05) is 37.3 Å². The lowest BCUT2D eigenvalue weighted by Crippen LogP contribution is -2.24. The number of aryl methyl sites for hydroxylation is 1. The Morgan fingerprint density at radius 3 is 2.57 bits per heavy atom. The summed E-state index contributed by atoms with van der Waals surface area (Å²) < 4.78 is 28.4. The molecule has 2 aromatic rings. The zero-order valence-corrected chi connectivity index (χ0v) is 14.2. The maximum Gasteiger partial charge on any atom is 0.162 e. The fourth-order valence-electron chi connectivity index (χ4n) is 2.40. The van der Waals surface area contributed by atoms with Gasteiger partial charge in [0.2, 0.25) is 0 Å². The molecule has 112 valence electrons. The standard InChI is InChI=1S/C17H18F2IN/c1-3-21-15(13-8-4-6-11(2)17(13)20)10-12-7-5-9-14(18)16(12)19/h4-9,15,21H,3,10H2,1-2H3. The first-order valence-electron chi connectivity index (χ1n) is 6.95. The fraction of sp³-hybridized carbons (Fsp3) is 0.294. The molecule has 0 bridgehead atoms. The lowest BCUT2D eigenvalue weighted by molar-refractivity contribution is 0.480. The van der Waals surface area contributed by atoms with Gasteiger partial charge in [0.15, 0.2) is 11.6 Å². The van der Waals surface area contributed by atoms with E-state index >= 15 is 0 Å². The first-order chi connectivity index (χ1) is 10.0. The highest BCUT2D eigenvalue weighted by Crippen LogP contribution is 2.27. The van der Waals surface area contributed by atoms with Crippen LogP contribution in [0.5, 0.6) is 0 Å². The van der Waals surface area contributed by atoms with Crippen LogP contribution in [0.1, 0.15) is 29.7 Å². The van der Waals surface area contributed by atoms with E-state index in [1.165, 1.54) is 5.56 Å². The summed E-state index contributed by atoms with van der Waals surface area (Å²) in [6.45, 7) is 4.83. The predicted molar refractivity (Wildman–Crippen MR) is 90.4 cm³/mol. The molecule has 0 heterocycles. The van der Waals surface area contributed by atoms with Crippen molar-refractivity contribution < 1.29 is 8.78 Å². The number of rotatable bonds is 5. The SMILES string of the molecule is CCNC(Cc1cccc(F)c1F)c1cccc(C)c1I. The van der Waals surface area contributed by atoms with Crippen molar-refractivity contribution in [2.24, 2.45) is 0 Å². The Kier molecular flexibility index (Phi) is 5.70. The number of benzene rings is 2. The number of halogens is 3. The second-order valence-electron chi connectivity index (χ2n) is 5.01. The average molecular weight is 401 g/mol. The maximum absolute atomic E-state index is 13.9. The van der Waals surface area contributed by atoms with Crippen LogP contribution in [0.3, 0.4) is 0 Å². The predicted octanol–water partition coefficient (Wildman–Crippen LogP) is 4.77. The molecule has 1 unspecified atom stereocenters. The van der Waals surface area contributed by atoms with Gasteiger partial charge in [0.25, 0.3) is 0 Å². The summed E-state index contributed by atoms with van der Waals surface area (Å²) in [5.74, 6) is -1.54. The molecule has 1 atom stereocenters. The molecule has 0 aliphatic carbocycles. The Labute approximate surface area is 137 Å². The number of hydrogen-bond acceptors (Lipinski definition) is 1. The Morgan fingerprint density at radius 1 is 1.14 bits per heavy atom. The van der Waals surface area contributed by atoms with Gasteiger partial charge >= 0.3 is 0 Å². The summed E-state index contributed by atoms with van der Waals surface area (Å²) in [4.78, 5) is 0. The summed E-state index contributed by atoms with van der Waals surface area (Å²) in [6.07, 6.45) is 0.427. The van der Waals surface area contributed by atoms with Crippen molar-refractivity contribution in [3.8, 4) is 0 Å². The molecule has 2 aromatic carbocycles. The normalized spacial score (nSPS) is 12.4. The quantitative estimate of drug-likeness (QED) is 0.712. The number of nitrogens with one attached hydrogen (secondary N) is 1. The van der Waals surface area contributed by atoms with Crippen molar-refractivity contribution in [2.75, 3.05) is 6.54 Å². The van der Waals surface area contributed by atoms with Gasteiger partial charge in [-0.25, -0.2) is 8.78 Å². The third-order valence-corrected chi connectivity index (χ3v) is 4.98. The van der Waals surface area contributed by atoms with E-state index in [0.29, 0.717) is 12.0 Å². The van der Waals surface area contributed by atoms with Crippen molar-refractivity contribution in [1.82, 2.24) is 5.32 Å². The summed E-state index contributed by atoms with van der Waals surface area (Å²) in [5.41, 5.74) is 2.72. The second-order valence-corrected chi connectivity index (χ2v) is 6.08. The van der Waals surface area contributed by atoms with Crippen LogP contribution in [0.25, 0.3) is 0 Å². The minimum Gasteiger partial charge on any atom is -0.310 e. The lowest BCUT2D eigenvalue weighted by atomic mass is 9.97. The molecule has 0 fully saturated rings. The maximum atomic E-state index is 13.9. The van der Waals surface area contributed by atoms with E-state index in [9.17, 15) is 8.78 Å². The van der Waals surface area contributed by atoms with Crippen molar-refractivity contribution in [3.05, 3.63) is 68.3 Å². The van der Waals surface area contributed by atoms with Crippen LogP contribution < -0.4 is 5.32 Å². The molecular weight excluding hydrogens is 383 g/mol. The smallest absolute Gasteiger partial charge is 0.162 e. The van der Waals surface area contributed by atoms with E-state index < -0.39 is 11.6 Å². The molecule has 21 heavy (non-hydrogen) atoms. The molecule has 4 heteroatoms. The van der Waals surface area contributed by atoms with Crippen molar-refractivity contribution in [1.29, 1.82) is 0 Å². The molecule has 0 aromatic heterocycles. The summed E-state index contributed by atoms with van der Waals surface area (Å²) in [5, 5.41) is 3.37. The molecule has 0 saturated carbocycles. The van der Waals surface area contributed by atoms with E-state index in [1.54, 1.807) is 12.1 Å². The van der Waals surface area contributed by atoms with Crippen LogP contribution in [0.4, 0.5) is 8.78 Å². The van der Waals surface area contributed by atoms with Gasteiger partial charge in [-0.05, 0) is 65.2 Å². The van der Waals surface area contributed by atoms with Gasteiger partial charge < -0.3 is 5.32 Å². The highest BCUT2D eigenvalue weighted by atomic mass is 127. The molecule has 0 amide bonds. The molecule has 0 spiro atoms. The zero-order valence-electron chi connectivity index (χ0n) is 12.1. The molecule has 1 nitrogen and oxygen atoms in total. The van der Waals surface area contributed by atoms with Gasteiger partial charge in [-0.2, -0.15) is 0 Å². The van der Waals surface area contributed by atoms with Crippen LogP contribution in [-0.2, 0) is 6.42 Å². The first-order valence-corrected chi connectivity index (χ1v) is 8.03. The topological polar surface area (TPSA) is 12.0 Å². The van der Waals surface area contributed by atoms with E-state index in [-0.39, 0.29) is 6.04 Å². The highest BCUT2D eigenvalue weighted by Gasteiger charge is 2.18. The first kappa shape index (κ1) is 16.4. The van der Waals surface area contributed by atoms with Crippen molar-refractivity contribution in [2.45, 2.75) is 26.3 Å². The van der Waals surface area contributed by atoms with Gasteiger partial charge in [0, 0.05) is 9.61 Å². The molecule has 2 rings (SSSR count). The number of hydrogen-bond donors (Lipinski definition) is 1. The minimum atomic E-state index is -0.790. The van der Waals surface area contributed by atoms with E-state index in [0.717, 1.165) is 21.7 Å². The van der Waals surface area contributed by atoms with Gasteiger partial charge in [0.1, 0.15) is 0 Å². The van der Waals surface area contributed by atoms with Crippen LogP contribution in [0.15, 0.2) is 36.4 Å². The van der Waals surface area contributed by atoms with Crippen LogP contribution >= 0.6 is 22.6 Å². The third kappa shape index (κ3) is 3.80. The average Bonchev–Trinajstić information content (AvgIpc) is 2.46. The summed E-state index contributed by atoms with van der Waals surface area (Å²) >= 11 is 2.31. The number of likely N-dealkylation sites (N-methyl/N-ethyl adjacent to an activating group) is 1. The van der Waals surface area contributed by atoms with E-state index in [4.69, 9.17) is 0 Å². The summed E-state index contributed by atoms with van der Waals surface area (Å²) in [6, 6.07) is 10.4. The van der Waals surface area contributed by atoms with Crippen LogP contribution in [0, 0.1) is 22.1 Å². The Bertz CT molecular complexity index is 628. The second kappa shape index (κ2) is 7.31.